The van der Waals surface area contributed by atoms with Gasteiger partial charge in [-0.2, -0.15) is 0 Å². The van der Waals surface area contributed by atoms with Gasteiger partial charge in [-0.3, -0.25) is 0 Å². The minimum absolute atomic E-state index is 0.264. The van der Waals surface area contributed by atoms with E-state index in [1.54, 1.807) is 6.07 Å². The zero-order valence-electron chi connectivity index (χ0n) is 18.3. The van der Waals surface area contributed by atoms with Crippen LogP contribution in [0.5, 0.6) is 5.75 Å². The second-order valence-corrected chi connectivity index (χ2v) is 8.13. The van der Waals surface area contributed by atoms with E-state index in [1.165, 1.54) is 60.8 Å². The summed E-state index contributed by atoms with van der Waals surface area (Å²) in [5.41, 5.74) is 5.60. The van der Waals surface area contributed by atoms with E-state index in [-0.39, 0.29) is 11.6 Å². The summed E-state index contributed by atoms with van der Waals surface area (Å²) in [5, 5.41) is 2.55. The van der Waals surface area contributed by atoms with Crippen molar-refractivity contribution < 1.29 is 9.13 Å². The first-order valence-corrected chi connectivity index (χ1v) is 11.1. The maximum atomic E-state index is 14.0. The van der Waals surface area contributed by atoms with E-state index in [4.69, 9.17) is 4.74 Å². The van der Waals surface area contributed by atoms with Crippen molar-refractivity contribution >= 4 is 10.8 Å². The van der Waals surface area contributed by atoms with Crippen LogP contribution in [0.2, 0.25) is 0 Å². The standard InChI is InChI=1S/C29H29FO/c1-3-4-5-6-7-21-8-9-26-19-25(15-14-24(26)18-21)22-10-12-23(13-11-22)27-16-17-29(31-2)28(30)20-27/h8-20H,3-7H2,1-2H3. The highest BCUT2D eigenvalue weighted by molar-refractivity contribution is 5.88. The number of rotatable bonds is 8. The number of halogens is 1. The Bertz CT molecular complexity index is 1160. The molecule has 158 valence electrons. The Labute approximate surface area is 184 Å². The molecule has 0 aliphatic heterocycles. The highest BCUT2D eigenvalue weighted by Crippen LogP contribution is 2.30. The molecule has 2 heteroatoms. The van der Waals surface area contributed by atoms with Gasteiger partial charge < -0.3 is 4.74 Å². The molecule has 0 heterocycles. The molecular formula is C29H29FO. The average molecular weight is 413 g/mol. The molecule has 0 amide bonds. The first-order chi connectivity index (χ1) is 15.2. The van der Waals surface area contributed by atoms with Gasteiger partial charge in [0.25, 0.3) is 0 Å². The fourth-order valence-corrected chi connectivity index (χ4v) is 4.09. The molecule has 0 aromatic heterocycles. The summed E-state index contributed by atoms with van der Waals surface area (Å²) < 4.78 is 19.0. The summed E-state index contributed by atoms with van der Waals surface area (Å²) in [4.78, 5) is 0. The van der Waals surface area contributed by atoms with Crippen LogP contribution in [0.4, 0.5) is 4.39 Å². The van der Waals surface area contributed by atoms with Crippen LogP contribution in [0.25, 0.3) is 33.0 Å². The molecule has 0 spiro atoms. The van der Waals surface area contributed by atoms with Gasteiger partial charge in [-0.1, -0.05) is 86.8 Å². The summed E-state index contributed by atoms with van der Waals surface area (Å²) in [6, 6.07) is 26.8. The molecule has 4 aromatic rings. The maximum Gasteiger partial charge on any atom is 0.165 e. The van der Waals surface area contributed by atoms with Crippen LogP contribution in [0.3, 0.4) is 0 Å². The lowest BCUT2D eigenvalue weighted by atomic mass is 9.97. The van der Waals surface area contributed by atoms with Crippen LogP contribution in [0.15, 0.2) is 78.9 Å². The van der Waals surface area contributed by atoms with Gasteiger partial charge in [-0.25, -0.2) is 4.39 Å². The monoisotopic (exact) mass is 412 g/mol. The second kappa shape index (κ2) is 9.78. The van der Waals surface area contributed by atoms with E-state index in [2.05, 4.69) is 55.5 Å². The molecule has 1 nitrogen and oxygen atoms in total. The molecule has 4 rings (SSSR count). The quantitative estimate of drug-likeness (QED) is 0.264. The van der Waals surface area contributed by atoms with E-state index < -0.39 is 0 Å². The summed E-state index contributed by atoms with van der Waals surface area (Å²) in [6.07, 6.45) is 6.33. The molecule has 0 atom stereocenters. The Hall–Kier alpha value is -3.13. The largest absolute Gasteiger partial charge is 0.494 e. The number of aryl methyl sites for hydroxylation is 1. The maximum absolute atomic E-state index is 14.0. The Morgan fingerprint density at radius 2 is 1.26 bits per heavy atom. The van der Waals surface area contributed by atoms with Crippen LogP contribution in [-0.2, 0) is 6.42 Å². The van der Waals surface area contributed by atoms with Crippen molar-refractivity contribution in [1.82, 2.24) is 0 Å². The first-order valence-electron chi connectivity index (χ1n) is 11.1. The third-order valence-electron chi connectivity index (χ3n) is 5.93. The van der Waals surface area contributed by atoms with Crippen molar-refractivity contribution in [1.29, 1.82) is 0 Å². The topological polar surface area (TPSA) is 9.23 Å². The lowest BCUT2D eigenvalue weighted by Gasteiger charge is -2.09. The first kappa shape index (κ1) is 21.1. The zero-order valence-corrected chi connectivity index (χ0v) is 18.3. The molecule has 0 saturated heterocycles. The predicted octanol–water partition coefficient (Wildman–Crippen LogP) is 8.44. The number of fused-ring (bicyclic) bond motifs is 1. The number of benzene rings is 4. The highest BCUT2D eigenvalue weighted by atomic mass is 19.1. The van der Waals surface area contributed by atoms with Gasteiger partial charge in [0.2, 0.25) is 0 Å². The number of hydrogen-bond acceptors (Lipinski definition) is 1. The molecule has 0 bridgehead atoms. The molecule has 0 unspecified atom stereocenters. The Morgan fingerprint density at radius 3 is 1.94 bits per heavy atom. The third-order valence-corrected chi connectivity index (χ3v) is 5.93. The molecule has 31 heavy (non-hydrogen) atoms. The van der Waals surface area contributed by atoms with Crippen molar-refractivity contribution in [2.45, 2.75) is 39.0 Å². The van der Waals surface area contributed by atoms with Gasteiger partial charge in [-0.05, 0) is 69.6 Å². The zero-order chi connectivity index (χ0) is 21.6. The number of methoxy groups -OCH3 is 1. The van der Waals surface area contributed by atoms with Crippen molar-refractivity contribution in [3.8, 4) is 28.0 Å². The summed E-state index contributed by atoms with van der Waals surface area (Å²) in [5.74, 6) is -0.0796. The second-order valence-electron chi connectivity index (χ2n) is 8.13. The SMILES string of the molecule is CCCCCCc1ccc2cc(-c3ccc(-c4ccc(OC)c(F)c4)cc3)ccc2c1. The lowest BCUT2D eigenvalue weighted by molar-refractivity contribution is 0.386. The van der Waals surface area contributed by atoms with Crippen molar-refractivity contribution in [3.63, 3.8) is 0 Å². The van der Waals surface area contributed by atoms with Crippen molar-refractivity contribution in [2.75, 3.05) is 7.11 Å². The van der Waals surface area contributed by atoms with Crippen LogP contribution < -0.4 is 4.74 Å². The number of unbranched alkanes of at least 4 members (excludes halogenated alkanes) is 3. The molecule has 0 radical (unpaired) electrons. The van der Waals surface area contributed by atoms with Crippen LogP contribution in [0.1, 0.15) is 38.2 Å². The van der Waals surface area contributed by atoms with E-state index in [1.807, 2.05) is 18.2 Å². The summed E-state index contributed by atoms with van der Waals surface area (Å²) in [6.45, 7) is 2.25. The van der Waals surface area contributed by atoms with E-state index >= 15 is 0 Å². The Kier molecular flexibility index (Phi) is 6.66. The fraction of sp³-hybridized carbons (Fsp3) is 0.241. The van der Waals surface area contributed by atoms with Crippen LogP contribution in [-0.4, -0.2) is 7.11 Å². The average Bonchev–Trinajstić information content (AvgIpc) is 2.81. The van der Waals surface area contributed by atoms with Gasteiger partial charge in [-0.15, -0.1) is 0 Å². The molecule has 4 aromatic carbocycles. The van der Waals surface area contributed by atoms with Gasteiger partial charge in [0.05, 0.1) is 7.11 Å². The minimum Gasteiger partial charge on any atom is -0.494 e. The van der Waals surface area contributed by atoms with E-state index in [9.17, 15) is 4.39 Å². The molecule has 0 saturated carbocycles. The number of hydrogen-bond donors (Lipinski definition) is 0. The van der Waals surface area contributed by atoms with Crippen molar-refractivity contribution in [2.24, 2.45) is 0 Å². The predicted molar refractivity (Wildman–Crippen MR) is 129 cm³/mol. The molecule has 0 N–H and O–H groups in total. The van der Waals surface area contributed by atoms with E-state index in [0.29, 0.717) is 0 Å². The lowest BCUT2D eigenvalue weighted by Crippen LogP contribution is -1.89. The van der Waals surface area contributed by atoms with Crippen LogP contribution in [0, 0.1) is 5.82 Å². The van der Waals surface area contributed by atoms with Gasteiger partial charge >= 0.3 is 0 Å². The normalized spacial score (nSPS) is 11.1. The highest BCUT2D eigenvalue weighted by Gasteiger charge is 2.06. The van der Waals surface area contributed by atoms with E-state index in [0.717, 1.165) is 23.1 Å². The summed E-state index contributed by atoms with van der Waals surface area (Å²) in [7, 11) is 1.48. The third kappa shape index (κ3) is 4.96. The molecule has 0 fully saturated rings. The van der Waals surface area contributed by atoms with Gasteiger partial charge in [0.1, 0.15) is 0 Å². The summed E-state index contributed by atoms with van der Waals surface area (Å²) >= 11 is 0. The molecule has 0 aliphatic rings. The fourth-order valence-electron chi connectivity index (χ4n) is 4.09. The smallest absolute Gasteiger partial charge is 0.165 e. The molecule has 0 aliphatic carbocycles. The van der Waals surface area contributed by atoms with Crippen molar-refractivity contribution in [3.05, 3.63) is 90.2 Å². The van der Waals surface area contributed by atoms with Gasteiger partial charge in [0, 0.05) is 0 Å². The minimum atomic E-state index is -0.344. The van der Waals surface area contributed by atoms with Gasteiger partial charge in [0.15, 0.2) is 11.6 Å². The van der Waals surface area contributed by atoms with Crippen LogP contribution >= 0.6 is 0 Å². The number of ether oxygens (including phenoxy) is 1. The Balaban J connectivity index is 1.52. The molecular weight excluding hydrogens is 383 g/mol. The Morgan fingerprint density at radius 1 is 0.645 bits per heavy atom.